The van der Waals surface area contributed by atoms with E-state index in [1.807, 2.05) is 0 Å². The normalized spacial score (nSPS) is 11.6. The van der Waals surface area contributed by atoms with Crippen molar-refractivity contribution in [1.29, 1.82) is 0 Å². The quantitative estimate of drug-likeness (QED) is 0.604. The number of halogens is 3. The molecule has 1 rings (SSSR count). The van der Waals surface area contributed by atoms with Gasteiger partial charge < -0.3 is 5.11 Å². The fourth-order valence-electron chi connectivity index (χ4n) is 1.17. The average Bonchev–Trinajstić information content (AvgIpc) is 2.13. The zero-order valence-corrected chi connectivity index (χ0v) is 11.3. The maximum absolute atomic E-state index is 12.1. The lowest BCUT2D eigenvalue weighted by Crippen LogP contribution is -2.20. The number of hydrogen-bond acceptors (Lipinski definition) is 2. The second-order valence-electron chi connectivity index (χ2n) is 4.46. The standard InChI is InChI=1S/C11H11Cl3O2/c1-11(2,3)10(16)7-8(14)5(12)4-6(13)9(7)15/h4,15H,1-3H3. The summed E-state index contributed by atoms with van der Waals surface area (Å²) >= 11 is 17.4. The lowest BCUT2D eigenvalue weighted by molar-refractivity contribution is 0.0855. The summed E-state index contributed by atoms with van der Waals surface area (Å²) in [5.74, 6) is -0.629. The Hall–Kier alpha value is -0.440. The molecule has 0 fully saturated rings. The Morgan fingerprint density at radius 2 is 1.69 bits per heavy atom. The van der Waals surface area contributed by atoms with Crippen LogP contribution in [0.2, 0.25) is 15.1 Å². The fourth-order valence-corrected chi connectivity index (χ4v) is 1.86. The first-order chi connectivity index (χ1) is 7.16. The van der Waals surface area contributed by atoms with Crippen LogP contribution in [0, 0.1) is 5.41 Å². The molecule has 0 saturated heterocycles. The van der Waals surface area contributed by atoms with E-state index in [0.29, 0.717) is 0 Å². The highest BCUT2D eigenvalue weighted by atomic mass is 35.5. The smallest absolute Gasteiger partial charge is 0.173 e. The van der Waals surface area contributed by atoms with Crippen LogP contribution in [0.3, 0.4) is 0 Å². The Labute approximate surface area is 109 Å². The first-order valence-electron chi connectivity index (χ1n) is 4.57. The summed E-state index contributed by atoms with van der Waals surface area (Å²) < 4.78 is 0. The van der Waals surface area contributed by atoms with Gasteiger partial charge in [0, 0.05) is 5.41 Å². The van der Waals surface area contributed by atoms with Gasteiger partial charge in [-0.3, -0.25) is 4.79 Å². The van der Waals surface area contributed by atoms with Gasteiger partial charge in [0.25, 0.3) is 0 Å². The molecule has 0 aliphatic heterocycles. The van der Waals surface area contributed by atoms with Crippen LogP contribution in [0.25, 0.3) is 0 Å². The van der Waals surface area contributed by atoms with Crippen molar-refractivity contribution in [2.24, 2.45) is 5.41 Å². The second kappa shape index (κ2) is 4.44. The predicted molar refractivity (Wildman–Crippen MR) is 66.9 cm³/mol. The molecule has 0 atom stereocenters. The second-order valence-corrected chi connectivity index (χ2v) is 5.65. The fraction of sp³-hybridized carbons (Fsp3) is 0.364. The molecular weight excluding hydrogens is 270 g/mol. The van der Waals surface area contributed by atoms with Crippen molar-refractivity contribution in [1.82, 2.24) is 0 Å². The number of carbonyl (C=O) groups excluding carboxylic acids is 1. The third-order valence-corrected chi connectivity index (χ3v) is 3.13. The molecular formula is C11H11Cl3O2. The molecule has 0 amide bonds. The lowest BCUT2D eigenvalue weighted by atomic mass is 9.86. The van der Waals surface area contributed by atoms with Crippen molar-refractivity contribution >= 4 is 40.6 Å². The Balaban J connectivity index is 3.50. The zero-order valence-electron chi connectivity index (χ0n) is 9.07. The number of carbonyl (C=O) groups is 1. The van der Waals surface area contributed by atoms with E-state index < -0.39 is 5.41 Å². The lowest BCUT2D eigenvalue weighted by Gasteiger charge is -2.19. The summed E-state index contributed by atoms with van der Waals surface area (Å²) in [6, 6.07) is 1.31. The van der Waals surface area contributed by atoms with Crippen LogP contribution >= 0.6 is 34.8 Å². The third kappa shape index (κ3) is 2.45. The predicted octanol–water partition coefficient (Wildman–Crippen LogP) is 4.58. The van der Waals surface area contributed by atoms with E-state index in [0.717, 1.165) is 0 Å². The van der Waals surface area contributed by atoms with Crippen molar-refractivity contribution in [3.63, 3.8) is 0 Å². The molecule has 0 heterocycles. The van der Waals surface area contributed by atoms with Crippen molar-refractivity contribution < 1.29 is 9.90 Å². The molecule has 0 aliphatic rings. The van der Waals surface area contributed by atoms with Crippen LogP contribution in [0.4, 0.5) is 0 Å². The van der Waals surface area contributed by atoms with Crippen LogP contribution in [0.1, 0.15) is 31.1 Å². The molecule has 0 unspecified atom stereocenters. The maximum atomic E-state index is 12.1. The minimum atomic E-state index is -0.671. The summed E-state index contributed by atoms with van der Waals surface area (Å²) in [5.41, 5.74) is -0.693. The van der Waals surface area contributed by atoms with Gasteiger partial charge in [-0.2, -0.15) is 0 Å². The Bertz CT molecular complexity index is 421. The number of benzene rings is 1. The summed E-state index contributed by atoms with van der Waals surface area (Å²) in [4.78, 5) is 12.1. The van der Waals surface area contributed by atoms with Gasteiger partial charge in [-0.25, -0.2) is 0 Å². The van der Waals surface area contributed by atoms with Gasteiger partial charge in [0.1, 0.15) is 5.75 Å². The monoisotopic (exact) mass is 280 g/mol. The largest absolute Gasteiger partial charge is 0.506 e. The van der Waals surface area contributed by atoms with Crippen LogP contribution in [0.15, 0.2) is 6.07 Å². The van der Waals surface area contributed by atoms with Gasteiger partial charge in [-0.15, -0.1) is 0 Å². The molecule has 0 saturated carbocycles. The summed E-state index contributed by atoms with van der Waals surface area (Å²) in [5, 5.41) is 9.94. The van der Waals surface area contributed by atoms with Crippen LogP contribution < -0.4 is 0 Å². The maximum Gasteiger partial charge on any atom is 0.173 e. The SMILES string of the molecule is CC(C)(C)C(=O)c1c(O)c(Cl)cc(Cl)c1Cl. The highest BCUT2D eigenvalue weighted by Gasteiger charge is 2.29. The third-order valence-electron chi connectivity index (χ3n) is 2.05. The van der Waals surface area contributed by atoms with Crippen LogP contribution in [0.5, 0.6) is 5.75 Å². The Kier molecular flexibility index (Phi) is 3.78. The molecule has 1 aromatic rings. The van der Waals surface area contributed by atoms with E-state index in [1.165, 1.54) is 6.07 Å². The molecule has 16 heavy (non-hydrogen) atoms. The van der Waals surface area contributed by atoms with Crippen molar-refractivity contribution in [2.45, 2.75) is 20.8 Å². The van der Waals surface area contributed by atoms with Gasteiger partial charge in [0.15, 0.2) is 5.78 Å². The zero-order chi connectivity index (χ0) is 12.7. The van der Waals surface area contributed by atoms with Gasteiger partial charge in [0.05, 0.1) is 20.6 Å². The van der Waals surface area contributed by atoms with Gasteiger partial charge in [0.2, 0.25) is 0 Å². The van der Waals surface area contributed by atoms with Crippen molar-refractivity contribution in [2.75, 3.05) is 0 Å². The molecule has 5 heteroatoms. The summed E-state index contributed by atoms with van der Waals surface area (Å²) in [6.07, 6.45) is 0. The highest BCUT2D eigenvalue weighted by molar-refractivity contribution is 6.46. The number of Topliss-reactive ketones (excluding diaryl/α,β-unsaturated/α-hetero) is 1. The number of ketones is 1. The van der Waals surface area contributed by atoms with Crippen molar-refractivity contribution in [3.8, 4) is 5.75 Å². The molecule has 0 bridgehead atoms. The van der Waals surface area contributed by atoms with E-state index >= 15 is 0 Å². The highest BCUT2D eigenvalue weighted by Crippen LogP contribution is 2.41. The van der Waals surface area contributed by atoms with E-state index in [9.17, 15) is 9.90 Å². The number of rotatable bonds is 1. The number of phenols is 1. The molecule has 0 radical (unpaired) electrons. The van der Waals surface area contributed by atoms with Crippen molar-refractivity contribution in [3.05, 3.63) is 26.7 Å². The topological polar surface area (TPSA) is 37.3 Å². The minimum absolute atomic E-state index is 0.0157. The van der Waals surface area contributed by atoms with E-state index in [2.05, 4.69) is 0 Å². The summed E-state index contributed by atoms with van der Waals surface area (Å²) in [6.45, 7) is 5.17. The van der Waals surface area contributed by atoms with E-state index in [-0.39, 0.29) is 32.2 Å². The molecule has 88 valence electrons. The molecule has 0 spiro atoms. The van der Waals surface area contributed by atoms with Gasteiger partial charge in [-0.05, 0) is 6.07 Å². The van der Waals surface area contributed by atoms with Crippen LogP contribution in [-0.2, 0) is 0 Å². The number of hydrogen-bond donors (Lipinski definition) is 1. The van der Waals surface area contributed by atoms with E-state index in [1.54, 1.807) is 20.8 Å². The molecule has 2 nitrogen and oxygen atoms in total. The average molecular weight is 282 g/mol. The first-order valence-corrected chi connectivity index (χ1v) is 5.71. The minimum Gasteiger partial charge on any atom is -0.506 e. The van der Waals surface area contributed by atoms with Gasteiger partial charge >= 0.3 is 0 Å². The number of aromatic hydroxyl groups is 1. The molecule has 0 aromatic heterocycles. The number of phenolic OH excluding ortho intramolecular Hbond substituents is 1. The first kappa shape index (κ1) is 13.6. The molecule has 1 N–H and O–H groups in total. The van der Waals surface area contributed by atoms with Crippen LogP contribution in [-0.4, -0.2) is 10.9 Å². The molecule has 0 aliphatic carbocycles. The summed E-state index contributed by atoms with van der Waals surface area (Å²) in [7, 11) is 0. The molecule has 1 aromatic carbocycles. The van der Waals surface area contributed by atoms with Gasteiger partial charge in [-0.1, -0.05) is 55.6 Å². The van der Waals surface area contributed by atoms with E-state index in [4.69, 9.17) is 34.8 Å². The Morgan fingerprint density at radius 3 is 2.12 bits per heavy atom. The Morgan fingerprint density at radius 1 is 1.19 bits per heavy atom.